The molecule has 0 atom stereocenters. The number of carbonyl (C=O) groups excluding carboxylic acids is 1. The summed E-state index contributed by atoms with van der Waals surface area (Å²) in [4.78, 5) is 13.9. The third-order valence-electron chi connectivity index (χ3n) is 4.33. The van der Waals surface area contributed by atoms with Crippen LogP contribution in [0.15, 0.2) is 0 Å². The lowest BCUT2D eigenvalue weighted by Gasteiger charge is -2.28. The number of aromatic nitrogens is 2. The first-order chi connectivity index (χ1) is 9.86. The summed E-state index contributed by atoms with van der Waals surface area (Å²) in [7, 11) is 1.72. The molecule has 6 heteroatoms. The highest BCUT2D eigenvalue weighted by molar-refractivity contribution is 5.90. The van der Waals surface area contributed by atoms with Gasteiger partial charge in [0.25, 0.3) is 0 Å². The maximum Gasteiger partial charge on any atom is 0.321 e. The Morgan fingerprint density at radius 1 is 1.43 bits per heavy atom. The molecule has 1 fully saturated rings. The number of hydrogen-bond donors (Lipinski definition) is 2. The number of nitrogens with zero attached hydrogens (tertiary/aromatic N) is 3. The van der Waals surface area contributed by atoms with Gasteiger partial charge in [0.05, 0.1) is 29.2 Å². The fourth-order valence-corrected chi connectivity index (χ4v) is 3.09. The number of anilines is 1. The summed E-state index contributed by atoms with van der Waals surface area (Å²) < 4.78 is 1.87. The van der Waals surface area contributed by atoms with Gasteiger partial charge in [-0.05, 0) is 33.6 Å². The van der Waals surface area contributed by atoms with Crippen LogP contribution in [-0.4, -0.2) is 45.0 Å². The van der Waals surface area contributed by atoms with E-state index in [1.54, 1.807) is 11.9 Å². The smallest absolute Gasteiger partial charge is 0.321 e. The van der Waals surface area contributed by atoms with Crippen molar-refractivity contribution < 1.29 is 9.90 Å². The molecule has 1 aromatic heterocycles. The molecule has 0 aromatic carbocycles. The number of aryl methyl sites for hydroxylation is 2. The van der Waals surface area contributed by atoms with Crippen LogP contribution in [0.5, 0.6) is 0 Å². The minimum Gasteiger partial charge on any atom is -0.388 e. The maximum absolute atomic E-state index is 12.3. The van der Waals surface area contributed by atoms with E-state index < -0.39 is 5.60 Å². The second kappa shape index (κ2) is 6.05. The van der Waals surface area contributed by atoms with E-state index in [0.717, 1.165) is 49.3 Å². The number of nitrogens with one attached hydrogen (secondary N) is 1. The molecule has 6 nitrogen and oxygen atoms in total. The molecular weight excluding hydrogens is 268 g/mol. The van der Waals surface area contributed by atoms with Crippen LogP contribution in [0.25, 0.3) is 0 Å². The van der Waals surface area contributed by atoms with E-state index in [1.807, 2.05) is 25.5 Å². The van der Waals surface area contributed by atoms with Crippen molar-refractivity contribution in [1.82, 2.24) is 14.7 Å². The van der Waals surface area contributed by atoms with Crippen LogP contribution in [0.3, 0.4) is 0 Å². The predicted molar refractivity (Wildman–Crippen MR) is 82.4 cm³/mol. The molecule has 1 aliphatic carbocycles. The molecule has 0 saturated heterocycles. The Hall–Kier alpha value is -1.56. The summed E-state index contributed by atoms with van der Waals surface area (Å²) in [5, 5.41) is 17.7. The molecule has 21 heavy (non-hydrogen) atoms. The molecule has 2 amide bonds. The molecule has 1 aliphatic rings. The Morgan fingerprint density at radius 3 is 2.57 bits per heavy atom. The Balaban J connectivity index is 2.02. The van der Waals surface area contributed by atoms with Crippen molar-refractivity contribution in [1.29, 1.82) is 0 Å². The maximum atomic E-state index is 12.3. The number of amides is 2. The zero-order valence-corrected chi connectivity index (χ0v) is 13.4. The van der Waals surface area contributed by atoms with Gasteiger partial charge >= 0.3 is 6.03 Å². The SMILES string of the molecule is CCn1nc(C)c(NC(=O)N(C)CC2(O)CCCC2)c1C. The van der Waals surface area contributed by atoms with Crippen molar-refractivity contribution in [3.05, 3.63) is 11.4 Å². The van der Waals surface area contributed by atoms with Crippen molar-refractivity contribution in [3.63, 3.8) is 0 Å². The predicted octanol–water partition coefficient (Wildman–Crippen LogP) is 2.29. The summed E-state index contributed by atoms with van der Waals surface area (Å²) in [6.07, 6.45) is 3.62. The van der Waals surface area contributed by atoms with Crippen molar-refractivity contribution in [2.24, 2.45) is 0 Å². The molecule has 2 N–H and O–H groups in total. The molecule has 0 unspecified atom stereocenters. The minimum atomic E-state index is -0.718. The lowest BCUT2D eigenvalue weighted by molar-refractivity contribution is 0.0261. The average Bonchev–Trinajstić information content (AvgIpc) is 2.96. The van der Waals surface area contributed by atoms with Crippen molar-refractivity contribution >= 4 is 11.7 Å². The van der Waals surface area contributed by atoms with Gasteiger partial charge in [0.1, 0.15) is 0 Å². The number of carbonyl (C=O) groups is 1. The molecule has 0 radical (unpaired) electrons. The van der Waals surface area contributed by atoms with Gasteiger partial charge in [0, 0.05) is 13.6 Å². The highest BCUT2D eigenvalue weighted by atomic mass is 16.3. The fraction of sp³-hybridized carbons (Fsp3) is 0.733. The fourth-order valence-electron chi connectivity index (χ4n) is 3.09. The van der Waals surface area contributed by atoms with E-state index >= 15 is 0 Å². The highest BCUT2D eigenvalue weighted by Crippen LogP contribution is 2.30. The van der Waals surface area contributed by atoms with Crippen LogP contribution in [0.1, 0.15) is 44.0 Å². The first-order valence-electron chi connectivity index (χ1n) is 7.65. The largest absolute Gasteiger partial charge is 0.388 e. The third kappa shape index (κ3) is 3.37. The topological polar surface area (TPSA) is 70.4 Å². The molecular formula is C15H26N4O2. The van der Waals surface area contributed by atoms with E-state index in [2.05, 4.69) is 10.4 Å². The van der Waals surface area contributed by atoms with Crippen molar-refractivity contribution in [2.45, 2.75) is 58.6 Å². The zero-order chi connectivity index (χ0) is 15.6. The van der Waals surface area contributed by atoms with Crippen LogP contribution >= 0.6 is 0 Å². The second-order valence-corrected chi connectivity index (χ2v) is 6.08. The van der Waals surface area contributed by atoms with E-state index in [0.29, 0.717) is 6.54 Å². The van der Waals surface area contributed by atoms with Crippen LogP contribution in [0.4, 0.5) is 10.5 Å². The first-order valence-corrected chi connectivity index (χ1v) is 7.65. The van der Waals surface area contributed by atoms with E-state index in [1.165, 1.54) is 0 Å². The lowest BCUT2D eigenvalue weighted by Crippen LogP contribution is -2.43. The monoisotopic (exact) mass is 294 g/mol. The molecule has 0 spiro atoms. The van der Waals surface area contributed by atoms with Gasteiger partial charge in [-0.25, -0.2) is 4.79 Å². The molecule has 1 aromatic rings. The Bertz CT molecular complexity index is 518. The number of rotatable bonds is 4. The summed E-state index contributed by atoms with van der Waals surface area (Å²) in [5.74, 6) is 0. The van der Waals surface area contributed by atoms with Crippen molar-refractivity contribution in [3.8, 4) is 0 Å². The summed E-state index contributed by atoms with van der Waals surface area (Å²) in [5.41, 5.74) is 1.82. The van der Waals surface area contributed by atoms with Gasteiger partial charge in [-0.1, -0.05) is 12.8 Å². The van der Waals surface area contributed by atoms with Gasteiger partial charge in [-0.3, -0.25) is 4.68 Å². The van der Waals surface area contributed by atoms with Gasteiger partial charge in [-0.2, -0.15) is 5.10 Å². The van der Waals surface area contributed by atoms with E-state index in [9.17, 15) is 9.90 Å². The zero-order valence-electron chi connectivity index (χ0n) is 13.4. The van der Waals surface area contributed by atoms with Gasteiger partial charge < -0.3 is 15.3 Å². The molecule has 1 saturated carbocycles. The third-order valence-corrected chi connectivity index (χ3v) is 4.33. The molecule has 2 rings (SSSR count). The van der Waals surface area contributed by atoms with Gasteiger partial charge in [-0.15, -0.1) is 0 Å². The first kappa shape index (κ1) is 15.8. The Morgan fingerprint density at radius 2 is 2.05 bits per heavy atom. The van der Waals surface area contributed by atoms with Crippen molar-refractivity contribution in [2.75, 3.05) is 18.9 Å². The van der Waals surface area contributed by atoms with Crippen LogP contribution < -0.4 is 5.32 Å². The van der Waals surface area contributed by atoms with E-state index in [4.69, 9.17) is 0 Å². The van der Waals surface area contributed by atoms with E-state index in [-0.39, 0.29) is 6.03 Å². The second-order valence-electron chi connectivity index (χ2n) is 6.08. The van der Waals surface area contributed by atoms with Gasteiger partial charge in [0.15, 0.2) is 0 Å². The average molecular weight is 294 g/mol. The molecule has 0 bridgehead atoms. The summed E-state index contributed by atoms with van der Waals surface area (Å²) in [6, 6.07) is -0.197. The lowest BCUT2D eigenvalue weighted by atomic mass is 10.0. The number of likely N-dealkylation sites (N-methyl/N-ethyl adjacent to an activating group) is 1. The summed E-state index contributed by atoms with van der Waals surface area (Å²) >= 11 is 0. The molecule has 1 heterocycles. The summed E-state index contributed by atoms with van der Waals surface area (Å²) in [6.45, 7) is 7.01. The quantitative estimate of drug-likeness (QED) is 0.895. The normalized spacial score (nSPS) is 17.0. The number of hydrogen-bond acceptors (Lipinski definition) is 3. The van der Waals surface area contributed by atoms with Crippen LogP contribution in [0, 0.1) is 13.8 Å². The number of aliphatic hydroxyl groups is 1. The van der Waals surface area contributed by atoms with Gasteiger partial charge in [0.2, 0.25) is 0 Å². The number of urea groups is 1. The molecule has 0 aliphatic heterocycles. The molecule has 118 valence electrons. The van der Waals surface area contributed by atoms with Crippen LogP contribution in [0.2, 0.25) is 0 Å². The van der Waals surface area contributed by atoms with Crippen LogP contribution in [-0.2, 0) is 6.54 Å². The standard InChI is InChI=1S/C15H26N4O2/c1-5-19-12(3)13(11(2)17-19)16-14(20)18(4)10-15(21)8-6-7-9-15/h21H,5-10H2,1-4H3,(H,16,20). The Kier molecular flexibility index (Phi) is 4.56. The Labute approximate surface area is 126 Å². The highest BCUT2D eigenvalue weighted by Gasteiger charge is 2.33. The minimum absolute atomic E-state index is 0.197.